The van der Waals surface area contributed by atoms with Crippen LogP contribution in [0.25, 0.3) is 0 Å². The average Bonchev–Trinajstić information content (AvgIpc) is 2.39. The van der Waals surface area contributed by atoms with Gasteiger partial charge in [-0.1, -0.05) is 0 Å². The highest BCUT2D eigenvalue weighted by Gasteiger charge is 2.27. The number of nitrogens with zero attached hydrogens (tertiary/aromatic N) is 2. The quantitative estimate of drug-likeness (QED) is 0.732. The standard InChI is InChI=1S/C11H18N4O3/c1-12-5-8-6-18-4-3-15(8)10-9(17-2)11(16)14-7-13-10/h7-8,12H,3-6H2,1-2H3,(H,13,14,16). The topological polar surface area (TPSA) is 79.5 Å². The van der Waals surface area contributed by atoms with E-state index in [0.29, 0.717) is 25.6 Å². The van der Waals surface area contributed by atoms with Gasteiger partial charge in [0.15, 0.2) is 5.82 Å². The van der Waals surface area contributed by atoms with Crippen LogP contribution in [0.2, 0.25) is 0 Å². The van der Waals surface area contributed by atoms with Crippen molar-refractivity contribution in [1.82, 2.24) is 15.3 Å². The molecule has 1 aromatic rings. The highest BCUT2D eigenvalue weighted by atomic mass is 16.5. The van der Waals surface area contributed by atoms with Gasteiger partial charge in [0.25, 0.3) is 5.56 Å². The second-order valence-corrected chi connectivity index (χ2v) is 4.07. The summed E-state index contributed by atoms with van der Waals surface area (Å²) in [5, 5.41) is 3.11. The largest absolute Gasteiger partial charge is 0.489 e. The smallest absolute Gasteiger partial charge is 0.295 e. The number of aromatic amines is 1. The molecule has 1 saturated heterocycles. The first kappa shape index (κ1) is 12.8. The van der Waals surface area contributed by atoms with E-state index >= 15 is 0 Å². The molecule has 1 fully saturated rings. The third-order valence-electron chi connectivity index (χ3n) is 2.94. The molecule has 1 aliphatic rings. The Morgan fingerprint density at radius 1 is 1.72 bits per heavy atom. The first-order valence-electron chi connectivity index (χ1n) is 5.88. The molecule has 18 heavy (non-hydrogen) atoms. The lowest BCUT2D eigenvalue weighted by molar-refractivity contribution is 0.0935. The van der Waals surface area contributed by atoms with Crippen LogP contribution in [0, 0.1) is 0 Å². The van der Waals surface area contributed by atoms with Crippen LogP contribution >= 0.6 is 0 Å². The van der Waals surface area contributed by atoms with Crippen molar-refractivity contribution in [3.8, 4) is 5.75 Å². The molecule has 0 spiro atoms. The van der Waals surface area contributed by atoms with E-state index < -0.39 is 0 Å². The minimum absolute atomic E-state index is 0.145. The van der Waals surface area contributed by atoms with Gasteiger partial charge in [-0.25, -0.2) is 4.98 Å². The third-order valence-corrected chi connectivity index (χ3v) is 2.94. The summed E-state index contributed by atoms with van der Waals surface area (Å²) < 4.78 is 10.6. The van der Waals surface area contributed by atoms with E-state index in [1.807, 2.05) is 11.9 Å². The molecule has 2 rings (SSSR count). The fourth-order valence-electron chi connectivity index (χ4n) is 2.10. The van der Waals surface area contributed by atoms with Crippen LogP contribution in [0.15, 0.2) is 11.1 Å². The number of aromatic nitrogens is 2. The number of nitrogens with one attached hydrogen (secondary N) is 2. The molecule has 1 unspecified atom stereocenters. The lowest BCUT2D eigenvalue weighted by Crippen LogP contribution is -2.50. The average molecular weight is 254 g/mol. The first-order chi connectivity index (χ1) is 8.77. The van der Waals surface area contributed by atoms with Crippen molar-refractivity contribution in [1.29, 1.82) is 0 Å². The second-order valence-electron chi connectivity index (χ2n) is 4.07. The van der Waals surface area contributed by atoms with Gasteiger partial charge < -0.3 is 24.7 Å². The maximum absolute atomic E-state index is 11.7. The number of likely N-dealkylation sites (N-methyl/N-ethyl adjacent to an activating group) is 1. The van der Waals surface area contributed by atoms with Crippen molar-refractivity contribution in [3.05, 3.63) is 16.7 Å². The molecule has 0 aliphatic carbocycles. The highest BCUT2D eigenvalue weighted by molar-refractivity contribution is 5.52. The van der Waals surface area contributed by atoms with E-state index in [0.717, 1.165) is 6.54 Å². The predicted molar refractivity (Wildman–Crippen MR) is 67.3 cm³/mol. The van der Waals surface area contributed by atoms with E-state index in [1.54, 1.807) is 0 Å². The van der Waals surface area contributed by atoms with Crippen LogP contribution in [0.5, 0.6) is 5.75 Å². The Balaban J connectivity index is 2.33. The number of hydrogen-bond acceptors (Lipinski definition) is 6. The minimum Gasteiger partial charge on any atom is -0.489 e. The summed E-state index contributed by atoms with van der Waals surface area (Å²) in [6, 6.07) is 0.145. The van der Waals surface area contributed by atoms with Crippen molar-refractivity contribution in [2.24, 2.45) is 0 Å². The van der Waals surface area contributed by atoms with Crippen LogP contribution in [0.3, 0.4) is 0 Å². The van der Waals surface area contributed by atoms with E-state index in [1.165, 1.54) is 13.4 Å². The maximum atomic E-state index is 11.7. The van der Waals surface area contributed by atoms with Gasteiger partial charge in [0.05, 0.1) is 32.7 Å². The monoisotopic (exact) mass is 254 g/mol. The molecule has 0 amide bonds. The summed E-state index contributed by atoms with van der Waals surface area (Å²) in [4.78, 5) is 20.5. The molecule has 1 aromatic heterocycles. The van der Waals surface area contributed by atoms with Crippen molar-refractivity contribution in [2.75, 3.05) is 45.4 Å². The van der Waals surface area contributed by atoms with Crippen molar-refractivity contribution in [2.45, 2.75) is 6.04 Å². The molecule has 0 aromatic carbocycles. The molecule has 2 heterocycles. The van der Waals surface area contributed by atoms with E-state index in [-0.39, 0.29) is 17.4 Å². The molecule has 0 bridgehead atoms. The third kappa shape index (κ3) is 2.46. The lowest BCUT2D eigenvalue weighted by Gasteiger charge is -2.36. The van der Waals surface area contributed by atoms with Crippen LogP contribution in [0.4, 0.5) is 5.82 Å². The fourth-order valence-corrected chi connectivity index (χ4v) is 2.10. The Kier molecular flexibility index (Phi) is 4.16. The second kappa shape index (κ2) is 5.83. The van der Waals surface area contributed by atoms with Crippen molar-refractivity contribution < 1.29 is 9.47 Å². The van der Waals surface area contributed by atoms with Crippen LogP contribution in [0.1, 0.15) is 0 Å². The van der Waals surface area contributed by atoms with Crippen LogP contribution in [-0.4, -0.2) is 56.5 Å². The molecular formula is C11H18N4O3. The highest BCUT2D eigenvalue weighted by Crippen LogP contribution is 2.23. The predicted octanol–water partition coefficient (Wildman–Crippen LogP) is -0.797. The summed E-state index contributed by atoms with van der Waals surface area (Å²) in [5.41, 5.74) is -0.266. The normalized spacial score (nSPS) is 19.9. The van der Waals surface area contributed by atoms with Gasteiger partial charge in [0, 0.05) is 13.1 Å². The molecule has 2 N–H and O–H groups in total. The van der Waals surface area contributed by atoms with Gasteiger partial charge in [0.1, 0.15) is 0 Å². The minimum atomic E-state index is -0.266. The summed E-state index contributed by atoms with van der Waals surface area (Å²) >= 11 is 0. The Bertz CT molecular complexity index is 446. The molecular weight excluding hydrogens is 236 g/mol. The summed E-state index contributed by atoms with van der Waals surface area (Å²) in [6.07, 6.45) is 1.39. The van der Waals surface area contributed by atoms with E-state index in [4.69, 9.17) is 9.47 Å². The number of morpholine rings is 1. The molecule has 0 saturated carbocycles. The Labute approximate surface area is 105 Å². The summed E-state index contributed by atoms with van der Waals surface area (Å²) in [5.74, 6) is 0.824. The Hall–Kier alpha value is -1.60. The lowest BCUT2D eigenvalue weighted by atomic mass is 10.2. The van der Waals surface area contributed by atoms with Gasteiger partial charge in [-0.15, -0.1) is 0 Å². The van der Waals surface area contributed by atoms with E-state index in [9.17, 15) is 4.79 Å². The summed E-state index contributed by atoms with van der Waals surface area (Å²) in [6.45, 7) is 2.69. The zero-order chi connectivity index (χ0) is 13.0. The number of rotatable bonds is 4. The number of hydrogen-bond donors (Lipinski definition) is 2. The molecule has 1 aliphatic heterocycles. The van der Waals surface area contributed by atoms with E-state index in [2.05, 4.69) is 15.3 Å². The first-order valence-corrected chi connectivity index (χ1v) is 5.88. The number of H-pyrrole nitrogens is 1. The number of methoxy groups -OCH3 is 1. The number of ether oxygens (including phenoxy) is 2. The zero-order valence-corrected chi connectivity index (χ0v) is 10.6. The van der Waals surface area contributed by atoms with Gasteiger partial charge in [0.2, 0.25) is 5.75 Å². The SMILES string of the molecule is CNCC1COCCN1c1nc[nH]c(=O)c1OC. The van der Waals surface area contributed by atoms with Crippen molar-refractivity contribution >= 4 is 5.82 Å². The van der Waals surface area contributed by atoms with Crippen LogP contribution < -0.4 is 20.5 Å². The number of anilines is 1. The Morgan fingerprint density at radius 3 is 3.28 bits per heavy atom. The summed E-state index contributed by atoms with van der Waals surface area (Å²) in [7, 11) is 3.36. The zero-order valence-electron chi connectivity index (χ0n) is 10.6. The molecule has 100 valence electrons. The maximum Gasteiger partial charge on any atom is 0.295 e. The van der Waals surface area contributed by atoms with Gasteiger partial charge in [-0.2, -0.15) is 0 Å². The molecule has 1 atom stereocenters. The Morgan fingerprint density at radius 2 is 2.56 bits per heavy atom. The molecule has 0 radical (unpaired) electrons. The van der Waals surface area contributed by atoms with Crippen LogP contribution in [-0.2, 0) is 4.74 Å². The van der Waals surface area contributed by atoms with Gasteiger partial charge >= 0.3 is 0 Å². The fraction of sp³-hybridized carbons (Fsp3) is 0.636. The molecule has 7 heteroatoms. The molecule has 7 nitrogen and oxygen atoms in total. The van der Waals surface area contributed by atoms with Crippen molar-refractivity contribution in [3.63, 3.8) is 0 Å². The van der Waals surface area contributed by atoms with Gasteiger partial charge in [-0.3, -0.25) is 4.79 Å². The van der Waals surface area contributed by atoms with Gasteiger partial charge in [-0.05, 0) is 7.05 Å².